The standard InChI is InChI=1S/C23H28N2O2S/c1-3-21(25-14-16-27-17-15-25)22(28-20-12-8-5-9-13-20)23(26)24-18(2)19-10-6-4-7-11-19/h4-13,18H,3,14-17H2,1-2H3,(H,24,26)/b22-21-/t18-/m0/s1. The minimum atomic E-state index is -0.0529. The van der Waals surface area contributed by atoms with Gasteiger partial charge in [-0.1, -0.05) is 67.2 Å². The van der Waals surface area contributed by atoms with Crippen molar-refractivity contribution in [3.63, 3.8) is 0 Å². The molecule has 0 aliphatic carbocycles. The van der Waals surface area contributed by atoms with Gasteiger partial charge in [-0.25, -0.2) is 0 Å². The lowest BCUT2D eigenvalue weighted by atomic mass is 10.1. The molecule has 148 valence electrons. The Morgan fingerprint density at radius 1 is 1.07 bits per heavy atom. The van der Waals surface area contributed by atoms with E-state index < -0.39 is 0 Å². The molecule has 2 aromatic rings. The van der Waals surface area contributed by atoms with Crippen molar-refractivity contribution in [1.82, 2.24) is 10.2 Å². The lowest BCUT2D eigenvalue weighted by Gasteiger charge is -2.32. The normalized spacial score (nSPS) is 16.3. The zero-order valence-electron chi connectivity index (χ0n) is 16.6. The molecule has 0 saturated carbocycles. The van der Waals surface area contributed by atoms with Crippen LogP contribution in [0.3, 0.4) is 0 Å². The smallest absolute Gasteiger partial charge is 0.260 e. The van der Waals surface area contributed by atoms with Crippen molar-refractivity contribution >= 4 is 17.7 Å². The van der Waals surface area contributed by atoms with Crippen molar-refractivity contribution in [2.24, 2.45) is 0 Å². The van der Waals surface area contributed by atoms with E-state index in [1.807, 2.05) is 67.6 Å². The first-order valence-corrected chi connectivity index (χ1v) is 10.6. The Kier molecular flexibility index (Phi) is 7.57. The fourth-order valence-corrected chi connectivity index (χ4v) is 4.36. The van der Waals surface area contributed by atoms with Crippen LogP contribution in [0, 0.1) is 0 Å². The van der Waals surface area contributed by atoms with Crippen LogP contribution in [0.1, 0.15) is 31.9 Å². The molecule has 0 spiro atoms. The van der Waals surface area contributed by atoms with E-state index in [1.165, 1.54) is 0 Å². The fourth-order valence-electron chi connectivity index (χ4n) is 3.29. The third kappa shape index (κ3) is 5.40. The number of thioether (sulfide) groups is 1. The Balaban J connectivity index is 1.87. The Morgan fingerprint density at radius 2 is 1.68 bits per heavy atom. The number of nitrogens with zero attached hydrogens (tertiary/aromatic N) is 1. The van der Waals surface area contributed by atoms with Gasteiger partial charge in [-0.2, -0.15) is 0 Å². The molecular formula is C23H28N2O2S. The maximum absolute atomic E-state index is 13.3. The van der Waals surface area contributed by atoms with Gasteiger partial charge in [-0.05, 0) is 31.0 Å². The number of amides is 1. The highest BCUT2D eigenvalue weighted by molar-refractivity contribution is 8.04. The molecule has 2 aromatic carbocycles. The number of carbonyl (C=O) groups is 1. The molecule has 0 radical (unpaired) electrons. The number of allylic oxidation sites excluding steroid dienone is 1. The van der Waals surface area contributed by atoms with Crippen LogP contribution in [0.25, 0.3) is 0 Å². The minimum Gasteiger partial charge on any atom is -0.378 e. The summed E-state index contributed by atoms with van der Waals surface area (Å²) in [5, 5.41) is 3.19. The Hall–Kier alpha value is -2.24. The Morgan fingerprint density at radius 3 is 2.29 bits per heavy atom. The average molecular weight is 397 g/mol. The monoisotopic (exact) mass is 396 g/mol. The molecule has 1 amide bonds. The summed E-state index contributed by atoms with van der Waals surface area (Å²) in [6.07, 6.45) is 0.808. The number of ether oxygens (including phenoxy) is 1. The lowest BCUT2D eigenvalue weighted by Crippen LogP contribution is -2.37. The molecule has 1 atom stereocenters. The van der Waals surface area contributed by atoms with Crippen LogP contribution in [0.4, 0.5) is 0 Å². The quantitative estimate of drug-likeness (QED) is 0.548. The molecule has 28 heavy (non-hydrogen) atoms. The van der Waals surface area contributed by atoms with Crippen LogP contribution >= 0.6 is 11.8 Å². The number of morpholine rings is 1. The molecule has 1 fully saturated rings. The zero-order valence-corrected chi connectivity index (χ0v) is 17.4. The Labute approximate surface area is 172 Å². The molecule has 1 N–H and O–H groups in total. The van der Waals surface area contributed by atoms with Crippen LogP contribution in [0.2, 0.25) is 0 Å². The van der Waals surface area contributed by atoms with Gasteiger partial charge >= 0.3 is 0 Å². The van der Waals surface area contributed by atoms with Gasteiger partial charge in [0.1, 0.15) is 0 Å². The first-order valence-electron chi connectivity index (χ1n) is 9.83. The van der Waals surface area contributed by atoms with Gasteiger partial charge in [0.05, 0.1) is 24.2 Å². The number of hydrogen-bond donors (Lipinski definition) is 1. The third-order valence-corrected chi connectivity index (χ3v) is 5.94. The van der Waals surface area contributed by atoms with Crippen LogP contribution in [-0.2, 0) is 9.53 Å². The summed E-state index contributed by atoms with van der Waals surface area (Å²) < 4.78 is 5.50. The van der Waals surface area contributed by atoms with E-state index in [4.69, 9.17) is 4.74 Å². The summed E-state index contributed by atoms with van der Waals surface area (Å²) in [5.41, 5.74) is 2.19. The highest BCUT2D eigenvalue weighted by Gasteiger charge is 2.23. The highest BCUT2D eigenvalue weighted by atomic mass is 32.2. The van der Waals surface area contributed by atoms with E-state index in [0.717, 1.165) is 40.6 Å². The fraction of sp³-hybridized carbons (Fsp3) is 0.348. The molecule has 0 bridgehead atoms. The molecule has 1 aliphatic heterocycles. The first kappa shape index (κ1) is 20.5. The van der Waals surface area contributed by atoms with Crippen molar-refractivity contribution in [1.29, 1.82) is 0 Å². The van der Waals surface area contributed by atoms with Gasteiger partial charge in [0.2, 0.25) is 0 Å². The molecule has 0 aromatic heterocycles. The lowest BCUT2D eigenvalue weighted by molar-refractivity contribution is -0.117. The second kappa shape index (κ2) is 10.3. The third-order valence-electron chi connectivity index (χ3n) is 4.81. The summed E-state index contributed by atoms with van der Waals surface area (Å²) in [5.74, 6) is -0.0199. The van der Waals surface area contributed by atoms with Gasteiger partial charge in [-0.15, -0.1) is 0 Å². The summed E-state index contributed by atoms with van der Waals surface area (Å²) in [7, 11) is 0. The number of carbonyl (C=O) groups excluding carboxylic acids is 1. The molecule has 3 rings (SSSR count). The predicted molar refractivity (Wildman–Crippen MR) is 115 cm³/mol. The van der Waals surface area contributed by atoms with Gasteiger partial charge in [-0.3, -0.25) is 4.79 Å². The summed E-state index contributed by atoms with van der Waals surface area (Å²) in [6.45, 7) is 7.19. The Bertz CT molecular complexity index is 787. The van der Waals surface area contributed by atoms with E-state index in [-0.39, 0.29) is 11.9 Å². The van der Waals surface area contributed by atoms with Crippen LogP contribution in [-0.4, -0.2) is 37.1 Å². The molecule has 0 unspecified atom stereocenters. The molecule has 5 heteroatoms. The van der Waals surface area contributed by atoms with Crippen molar-refractivity contribution in [3.8, 4) is 0 Å². The number of benzene rings is 2. The van der Waals surface area contributed by atoms with Crippen molar-refractivity contribution in [3.05, 3.63) is 76.8 Å². The van der Waals surface area contributed by atoms with E-state index in [2.05, 4.69) is 17.1 Å². The van der Waals surface area contributed by atoms with E-state index in [1.54, 1.807) is 11.8 Å². The van der Waals surface area contributed by atoms with Gasteiger partial charge < -0.3 is 15.0 Å². The molecule has 4 nitrogen and oxygen atoms in total. The SMILES string of the molecule is CC/C(=C(/Sc1ccccc1)C(=O)N[C@@H](C)c1ccccc1)N1CCOCC1. The predicted octanol–water partition coefficient (Wildman–Crippen LogP) is 4.61. The van der Waals surface area contributed by atoms with Crippen molar-refractivity contribution < 1.29 is 9.53 Å². The van der Waals surface area contributed by atoms with Crippen molar-refractivity contribution in [2.45, 2.75) is 31.2 Å². The zero-order chi connectivity index (χ0) is 19.8. The molecule has 1 aliphatic rings. The van der Waals surface area contributed by atoms with E-state index in [0.29, 0.717) is 13.2 Å². The number of nitrogens with one attached hydrogen (secondary N) is 1. The maximum atomic E-state index is 13.3. The van der Waals surface area contributed by atoms with Crippen LogP contribution < -0.4 is 5.32 Å². The van der Waals surface area contributed by atoms with Crippen molar-refractivity contribution in [2.75, 3.05) is 26.3 Å². The first-order chi connectivity index (χ1) is 13.7. The second-order valence-electron chi connectivity index (χ2n) is 6.75. The van der Waals surface area contributed by atoms with Gasteiger partial charge in [0.25, 0.3) is 5.91 Å². The topological polar surface area (TPSA) is 41.6 Å². The summed E-state index contributed by atoms with van der Waals surface area (Å²) >= 11 is 1.55. The molecular weight excluding hydrogens is 368 g/mol. The summed E-state index contributed by atoms with van der Waals surface area (Å²) in [4.78, 5) is 17.5. The average Bonchev–Trinajstić information content (AvgIpc) is 2.75. The van der Waals surface area contributed by atoms with Crippen LogP contribution in [0.15, 0.2) is 76.2 Å². The van der Waals surface area contributed by atoms with Crippen LogP contribution in [0.5, 0.6) is 0 Å². The minimum absolute atomic E-state index is 0.0199. The largest absolute Gasteiger partial charge is 0.378 e. The second-order valence-corrected chi connectivity index (χ2v) is 7.83. The van der Waals surface area contributed by atoms with E-state index in [9.17, 15) is 4.79 Å². The van der Waals surface area contributed by atoms with Gasteiger partial charge in [0.15, 0.2) is 0 Å². The molecule has 1 saturated heterocycles. The number of hydrogen-bond acceptors (Lipinski definition) is 4. The highest BCUT2D eigenvalue weighted by Crippen LogP contribution is 2.32. The van der Waals surface area contributed by atoms with E-state index >= 15 is 0 Å². The maximum Gasteiger partial charge on any atom is 0.260 e. The summed E-state index contributed by atoms with van der Waals surface area (Å²) in [6, 6.07) is 20.1. The molecule has 1 heterocycles. The van der Waals surface area contributed by atoms with Gasteiger partial charge in [0, 0.05) is 23.7 Å². The number of rotatable bonds is 7.